The lowest BCUT2D eigenvalue weighted by atomic mass is 10.1. The molecule has 0 N–H and O–H groups in total. The van der Waals surface area contributed by atoms with Gasteiger partial charge in [0.2, 0.25) is 0 Å². The van der Waals surface area contributed by atoms with E-state index in [1.165, 1.54) is 20.2 Å². The number of thiophene rings is 1. The topological polar surface area (TPSA) is 43.6 Å². The van der Waals surface area contributed by atoms with Crippen molar-refractivity contribution in [3.8, 4) is 50.8 Å². The smallest absolute Gasteiger partial charge is 0.160 e. The van der Waals surface area contributed by atoms with Gasteiger partial charge in [-0.3, -0.25) is 0 Å². The molecule has 0 saturated carbocycles. The van der Waals surface area contributed by atoms with E-state index in [9.17, 15) is 0 Å². The Morgan fingerprint density at radius 3 is 1.64 bits per heavy atom. The van der Waals surface area contributed by atoms with Gasteiger partial charge in [0, 0.05) is 53.5 Å². The molecule has 0 aliphatic heterocycles. The first-order valence-electron chi connectivity index (χ1n) is 16.7. The zero-order valence-corrected chi connectivity index (χ0v) is 27.7. The second-order valence-electron chi connectivity index (χ2n) is 12.5. The Morgan fingerprint density at radius 2 is 0.980 bits per heavy atom. The van der Waals surface area contributed by atoms with E-state index in [0.717, 1.165) is 67.0 Å². The average Bonchev–Trinajstić information content (AvgIpc) is 3.72. The van der Waals surface area contributed by atoms with E-state index in [4.69, 9.17) is 15.0 Å². The van der Waals surface area contributed by atoms with Crippen molar-refractivity contribution < 1.29 is 0 Å². The molecule has 5 heteroatoms. The number of hydrogen-bond donors (Lipinski definition) is 0. The Kier molecular flexibility index (Phi) is 6.64. The van der Waals surface area contributed by atoms with E-state index in [0.29, 0.717) is 5.82 Å². The van der Waals surface area contributed by atoms with Crippen molar-refractivity contribution in [2.75, 3.05) is 0 Å². The molecule has 0 spiro atoms. The summed E-state index contributed by atoms with van der Waals surface area (Å²) in [6, 6.07) is 59.4. The molecule has 10 rings (SSSR count). The third-order valence-corrected chi connectivity index (χ3v) is 10.6. The molecule has 0 atom stereocenters. The van der Waals surface area contributed by atoms with Crippen molar-refractivity contribution in [3.05, 3.63) is 170 Å². The van der Waals surface area contributed by atoms with Crippen LogP contribution in [0.1, 0.15) is 0 Å². The molecular weight excluding hydrogens is 629 g/mol. The number of hydrogen-bond acceptors (Lipinski definition) is 4. The second kappa shape index (κ2) is 11.6. The van der Waals surface area contributed by atoms with Crippen molar-refractivity contribution in [1.29, 1.82) is 0 Å². The Balaban J connectivity index is 1.15. The summed E-state index contributed by atoms with van der Waals surface area (Å²) in [6.45, 7) is 0. The highest BCUT2D eigenvalue weighted by Crippen LogP contribution is 2.41. The fourth-order valence-corrected chi connectivity index (χ4v) is 8.11. The summed E-state index contributed by atoms with van der Waals surface area (Å²) in [5.74, 6) is 0.695. The molecule has 10 aromatic rings. The lowest BCUT2D eigenvalue weighted by Crippen LogP contribution is -1.97. The van der Waals surface area contributed by atoms with Gasteiger partial charge >= 0.3 is 0 Å². The minimum atomic E-state index is 0.695. The minimum absolute atomic E-state index is 0.695. The van der Waals surface area contributed by atoms with Crippen molar-refractivity contribution in [2.24, 2.45) is 0 Å². The molecule has 4 nitrogen and oxygen atoms in total. The molecule has 0 bridgehead atoms. The van der Waals surface area contributed by atoms with Crippen LogP contribution in [0.4, 0.5) is 0 Å². The molecule has 4 aromatic heterocycles. The third-order valence-electron chi connectivity index (χ3n) is 9.42. The highest BCUT2D eigenvalue weighted by molar-refractivity contribution is 7.25. The first-order chi connectivity index (χ1) is 24.8. The fourth-order valence-electron chi connectivity index (χ4n) is 6.99. The number of fused-ring (bicyclic) bond motifs is 6. The Morgan fingerprint density at radius 1 is 0.380 bits per heavy atom. The van der Waals surface area contributed by atoms with E-state index in [2.05, 4.69) is 132 Å². The van der Waals surface area contributed by atoms with E-state index >= 15 is 0 Å². The monoisotopic (exact) mass is 656 g/mol. The molecule has 234 valence electrons. The average molecular weight is 657 g/mol. The summed E-state index contributed by atoms with van der Waals surface area (Å²) >= 11 is 1.84. The van der Waals surface area contributed by atoms with E-state index in [1.54, 1.807) is 0 Å². The van der Waals surface area contributed by atoms with Gasteiger partial charge in [0.1, 0.15) is 0 Å². The largest absolute Gasteiger partial charge is 0.308 e. The predicted molar refractivity (Wildman–Crippen MR) is 209 cm³/mol. The zero-order chi connectivity index (χ0) is 33.0. The highest BCUT2D eigenvalue weighted by Gasteiger charge is 2.18. The van der Waals surface area contributed by atoms with Gasteiger partial charge in [-0.15, -0.1) is 11.3 Å². The molecule has 50 heavy (non-hydrogen) atoms. The second-order valence-corrected chi connectivity index (χ2v) is 13.6. The minimum Gasteiger partial charge on any atom is -0.308 e. The number of aromatic nitrogens is 4. The van der Waals surface area contributed by atoms with Crippen molar-refractivity contribution >= 4 is 53.4 Å². The molecule has 0 saturated heterocycles. The van der Waals surface area contributed by atoms with Gasteiger partial charge in [-0.25, -0.2) is 15.0 Å². The SMILES string of the molecule is c1ccc(-c2cc(-c3ccccc3)nc(-c3ccc(-n4c5cc6sc7ccccc7c6cc5c5nc(-c6ccccc6)ccc54)cc3)n2)cc1. The van der Waals surface area contributed by atoms with Gasteiger partial charge in [0.05, 0.1) is 33.6 Å². The van der Waals surface area contributed by atoms with Crippen LogP contribution in [0.2, 0.25) is 0 Å². The number of benzene rings is 6. The maximum absolute atomic E-state index is 5.30. The van der Waals surface area contributed by atoms with Crippen LogP contribution >= 0.6 is 11.3 Å². The fraction of sp³-hybridized carbons (Fsp3) is 0. The van der Waals surface area contributed by atoms with Gasteiger partial charge in [0.25, 0.3) is 0 Å². The van der Waals surface area contributed by atoms with Crippen LogP contribution in [0.5, 0.6) is 0 Å². The molecule has 4 heterocycles. The van der Waals surface area contributed by atoms with Crippen molar-refractivity contribution in [3.63, 3.8) is 0 Å². The van der Waals surface area contributed by atoms with Gasteiger partial charge < -0.3 is 4.57 Å². The van der Waals surface area contributed by atoms with E-state index in [1.807, 2.05) is 53.8 Å². The maximum atomic E-state index is 5.30. The van der Waals surface area contributed by atoms with Crippen LogP contribution in [0.3, 0.4) is 0 Å². The van der Waals surface area contributed by atoms with Gasteiger partial charge in [-0.05, 0) is 60.7 Å². The first kappa shape index (κ1) is 28.6. The Bertz CT molecular complexity index is 2780. The van der Waals surface area contributed by atoms with Crippen LogP contribution in [-0.4, -0.2) is 19.5 Å². The molecule has 0 fully saturated rings. The molecule has 0 aliphatic rings. The maximum Gasteiger partial charge on any atom is 0.160 e. The molecular formula is C45H28N4S. The lowest BCUT2D eigenvalue weighted by Gasteiger charge is -2.11. The van der Waals surface area contributed by atoms with E-state index in [-0.39, 0.29) is 0 Å². The van der Waals surface area contributed by atoms with E-state index < -0.39 is 0 Å². The van der Waals surface area contributed by atoms with Crippen LogP contribution in [-0.2, 0) is 0 Å². The summed E-state index contributed by atoms with van der Waals surface area (Å²) in [5, 5.41) is 3.69. The summed E-state index contributed by atoms with van der Waals surface area (Å²) < 4.78 is 4.90. The van der Waals surface area contributed by atoms with Gasteiger partial charge in [-0.2, -0.15) is 0 Å². The third kappa shape index (κ3) is 4.79. The number of rotatable bonds is 5. The van der Waals surface area contributed by atoms with Crippen LogP contribution in [0, 0.1) is 0 Å². The predicted octanol–water partition coefficient (Wildman–Crippen LogP) is 12.0. The summed E-state index contributed by atoms with van der Waals surface area (Å²) in [5.41, 5.74) is 11.2. The summed E-state index contributed by atoms with van der Waals surface area (Å²) in [6.07, 6.45) is 0. The quantitative estimate of drug-likeness (QED) is 0.185. The molecule has 0 radical (unpaired) electrons. The summed E-state index contributed by atoms with van der Waals surface area (Å²) in [4.78, 5) is 15.4. The van der Waals surface area contributed by atoms with Gasteiger partial charge in [-0.1, -0.05) is 109 Å². The van der Waals surface area contributed by atoms with Crippen molar-refractivity contribution in [1.82, 2.24) is 19.5 Å². The van der Waals surface area contributed by atoms with Crippen LogP contribution in [0.25, 0.3) is 93.0 Å². The molecule has 0 amide bonds. The standard InChI is InChI=1S/C45H28N4S/c1-4-12-29(13-5-1)37-24-25-40-44(46-37)36-26-35-34-18-10-11-19-42(34)50-43(35)28-41(36)49(40)33-22-20-32(21-23-33)45-47-38(30-14-6-2-7-15-30)27-39(48-45)31-16-8-3-9-17-31/h1-28H. The van der Waals surface area contributed by atoms with Crippen molar-refractivity contribution in [2.45, 2.75) is 0 Å². The Labute approximate surface area is 292 Å². The van der Waals surface area contributed by atoms with Crippen LogP contribution < -0.4 is 0 Å². The van der Waals surface area contributed by atoms with Gasteiger partial charge in [0.15, 0.2) is 5.82 Å². The molecule has 0 unspecified atom stereocenters. The normalized spacial score (nSPS) is 11.6. The highest BCUT2D eigenvalue weighted by atomic mass is 32.1. The Hall–Kier alpha value is -6.43. The number of nitrogens with zero attached hydrogens (tertiary/aromatic N) is 4. The molecule has 0 aliphatic carbocycles. The number of pyridine rings is 1. The lowest BCUT2D eigenvalue weighted by molar-refractivity contribution is 1.16. The summed E-state index contributed by atoms with van der Waals surface area (Å²) in [7, 11) is 0. The first-order valence-corrected chi connectivity index (χ1v) is 17.5. The zero-order valence-electron chi connectivity index (χ0n) is 26.9. The molecule has 6 aromatic carbocycles. The van der Waals surface area contributed by atoms with Crippen LogP contribution in [0.15, 0.2) is 170 Å².